The van der Waals surface area contributed by atoms with Crippen LogP contribution in [0.3, 0.4) is 0 Å². The molecule has 0 aliphatic carbocycles. The molecule has 1 N–H and O–H groups in total. The van der Waals surface area contributed by atoms with Gasteiger partial charge in [0.05, 0.1) is 31.5 Å². The van der Waals surface area contributed by atoms with Crippen LogP contribution in [0.1, 0.15) is 11.1 Å². The second-order valence-electron chi connectivity index (χ2n) is 4.77. The number of hydrogen-bond acceptors (Lipinski definition) is 4. The van der Waals surface area contributed by atoms with Gasteiger partial charge < -0.3 is 4.74 Å². The van der Waals surface area contributed by atoms with Crippen LogP contribution >= 0.6 is 0 Å². The lowest BCUT2D eigenvalue weighted by molar-refractivity contribution is -0.137. The van der Waals surface area contributed by atoms with Crippen molar-refractivity contribution in [2.75, 3.05) is 32.8 Å². The smallest absolute Gasteiger partial charge is 0.379 e. The van der Waals surface area contributed by atoms with Crippen molar-refractivity contribution in [3.05, 3.63) is 35.4 Å². The highest BCUT2D eigenvalue weighted by Gasteiger charge is 2.32. The van der Waals surface area contributed by atoms with Crippen molar-refractivity contribution >= 4 is 12.1 Å². The molecule has 0 atom stereocenters. The van der Waals surface area contributed by atoms with Gasteiger partial charge in [0.15, 0.2) is 0 Å². The third-order valence-electron chi connectivity index (χ3n) is 3.13. The zero-order chi connectivity index (χ0) is 16.0. The Balaban J connectivity index is 1.91. The number of nitrogens with one attached hydrogen (secondary N) is 1. The molecule has 2 rings (SSSR count). The summed E-state index contributed by atoms with van der Waals surface area (Å²) in [7, 11) is 0. The number of halogens is 3. The fraction of sp³-hybridized carbons (Fsp3) is 0.429. The highest BCUT2D eigenvalue weighted by Crippen LogP contribution is 2.30. The van der Waals surface area contributed by atoms with Crippen molar-refractivity contribution in [3.63, 3.8) is 0 Å². The number of alkyl halides is 3. The first-order valence-corrected chi connectivity index (χ1v) is 6.75. The Hall–Kier alpha value is -1.93. The average Bonchev–Trinajstić information content (AvgIpc) is 2.48. The number of carbonyl (C=O) groups excluding carboxylic acids is 1. The molecule has 0 aromatic heterocycles. The van der Waals surface area contributed by atoms with E-state index in [1.54, 1.807) is 0 Å². The fourth-order valence-electron chi connectivity index (χ4n) is 2.04. The summed E-state index contributed by atoms with van der Waals surface area (Å²) in [6.45, 7) is 2.56. The summed E-state index contributed by atoms with van der Waals surface area (Å²) in [5.74, 6) is -0.373. The van der Waals surface area contributed by atoms with Crippen LogP contribution in [0.25, 0.3) is 0 Å². The number of benzene rings is 1. The van der Waals surface area contributed by atoms with E-state index in [9.17, 15) is 18.0 Å². The normalized spacial score (nSPS) is 16.9. The Morgan fingerprint density at radius 2 is 2.00 bits per heavy atom. The van der Waals surface area contributed by atoms with E-state index in [4.69, 9.17) is 4.74 Å². The van der Waals surface area contributed by atoms with Crippen LogP contribution in [0.5, 0.6) is 0 Å². The molecule has 1 aromatic carbocycles. The van der Waals surface area contributed by atoms with Crippen LogP contribution in [0.15, 0.2) is 29.4 Å². The number of rotatable bonds is 4. The molecule has 1 saturated heterocycles. The van der Waals surface area contributed by atoms with Gasteiger partial charge in [-0.15, -0.1) is 0 Å². The topological polar surface area (TPSA) is 53.9 Å². The highest BCUT2D eigenvalue weighted by atomic mass is 19.4. The number of carbonyl (C=O) groups is 1. The molecule has 1 fully saturated rings. The van der Waals surface area contributed by atoms with Gasteiger partial charge in [0.1, 0.15) is 0 Å². The number of hydrazone groups is 1. The number of ether oxygens (including phenoxy) is 1. The fourth-order valence-corrected chi connectivity index (χ4v) is 2.04. The molecule has 0 saturated carbocycles. The lowest BCUT2D eigenvalue weighted by atomic mass is 10.1. The van der Waals surface area contributed by atoms with Gasteiger partial charge in [-0.05, 0) is 6.07 Å². The first-order valence-electron chi connectivity index (χ1n) is 6.75. The third-order valence-corrected chi connectivity index (χ3v) is 3.13. The highest BCUT2D eigenvalue weighted by molar-refractivity contribution is 5.84. The Kier molecular flexibility index (Phi) is 5.51. The minimum atomic E-state index is -4.46. The lowest BCUT2D eigenvalue weighted by Gasteiger charge is -2.25. The molecule has 120 valence electrons. The van der Waals surface area contributed by atoms with Gasteiger partial charge in [0.2, 0.25) is 0 Å². The maximum Gasteiger partial charge on any atom is 0.417 e. The van der Waals surface area contributed by atoms with Crippen molar-refractivity contribution in [2.24, 2.45) is 5.10 Å². The molecular formula is C14H16F3N3O2. The standard InChI is InChI=1S/C14H16F3N3O2/c15-14(16,17)12-4-2-1-3-11(12)9-18-19-13(21)10-20-5-7-22-8-6-20/h1-4,9H,5-8,10H2,(H,19,21)/b18-9+. The largest absolute Gasteiger partial charge is 0.417 e. The van der Waals surface area contributed by atoms with Crippen molar-refractivity contribution in [1.29, 1.82) is 0 Å². The molecule has 5 nitrogen and oxygen atoms in total. The Morgan fingerprint density at radius 1 is 1.32 bits per heavy atom. The summed E-state index contributed by atoms with van der Waals surface area (Å²) in [6, 6.07) is 5.04. The Bertz CT molecular complexity index is 540. The summed E-state index contributed by atoms with van der Waals surface area (Å²) in [4.78, 5) is 13.5. The van der Waals surface area contributed by atoms with Crippen molar-refractivity contribution in [3.8, 4) is 0 Å². The van der Waals surface area contributed by atoms with Gasteiger partial charge in [-0.3, -0.25) is 9.69 Å². The number of hydrogen-bond donors (Lipinski definition) is 1. The van der Waals surface area contributed by atoms with Crippen LogP contribution in [0.4, 0.5) is 13.2 Å². The van der Waals surface area contributed by atoms with E-state index in [2.05, 4.69) is 10.5 Å². The molecule has 0 bridgehead atoms. The average molecular weight is 315 g/mol. The molecule has 1 heterocycles. The van der Waals surface area contributed by atoms with Crippen LogP contribution in [0.2, 0.25) is 0 Å². The number of amides is 1. The maximum atomic E-state index is 12.8. The molecule has 1 amide bonds. The van der Waals surface area contributed by atoms with Crippen molar-refractivity contribution < 1.29 is 22.7 Å². The van der Waals surface area contributed by atoms with E-state index in [1.165, 1.54) is 18.2 Å². The molecule has 1 aliphatic rings. The molecule has 22 heavy (non-hydrogen) atoms. The minimum Gasteiger partial charge on any atom is -0.379 e. The number of nitrogens with zero attached hydrogens (tertiary/aromatic N) is 2. The zero-order valence-electron chi connectivity index (χ0n) is 11.8. The van der Waals surface area contributed by atoms with Gasteiger partial charge in [-0.2, -0.15) is 18.3 Å². The van der Waals surface area contributed by atoms with E-state index in [1.807, 2.05) is 4.90 Å². The third kappa shape index (κ3) is 4.81. The van der Waals surface area contributed by atoms with Gasteiger partial charge >= 0.3 is 6.18 Å². The molecule has 0 unspecified atom stereocenters. The second-order valence-corrected chi connectivity index (χ2v) is 4.77. The molecule has 1 aromatic rings. The summed E-state index contributed by atoms with van der Waals surface area (Å²) in [6.07, 6.45) is -3.46. The first-order chi connectivity index (χ1) is 10.5. The van der Waals surface area contributed by atoms with Crippen LogP contribution < -0.4 is 5.43 Å². The Labute approximate surface area is 125 Å². The van der Waals surface area contributed by atoms with Gasteiger partial charge in [0.25, 0.3) is 5.91 Å². The van der Waals surface area contributed by atoms with Gasteiger partial charge in [-0.25, -0.2) is 5.43 Å². The predicted molar refractivity (Wildman–Crippen MR) is 74.4 cm³/mol. The molecule has 1 aliphatic heterocycles. The van der Waals surface area contributed by atoms with Gasteiger partial charge in [0, 0.05) is 18.7 Å². The maximum absolute atomic E-state index is 12.8. The molecule has 8 heteroatoms. The van der Waals surface area contributed by atoms with E-state index in [-0.39, 0.29) is 18.0 Å². The summed E-state index contributed by atoms with van der Waals surface area (Å²) in [5, 5.41) is 3.60. The van der Waals surface area contributed by atoms with Crippen LogP contribution in [-0.4, -0.2) is 49.9 Å². The molecular weight excluding hydrogens is 299 g/mol. The SMILES string of the molecule is O=C(CN1CCOCC1)N/N=C/c1ccccc1C(F)(F)F. The van der Waals surface area contributed by atoms with E-state index < -0.39 is 11.7 Å². The number of morpholine rings is 1. The predicted octanol–water partition coefficient (Wildman–Crippen LogP) is 1.49. The van der Waals surface area contributed by atoms with E-state index >= 15 is 0 Å². The van der Waals surface area contributed by atoms with Gasteiger partial charge in [-0.1, -0.05) is 18.2 Å². The first kappa shape index (κ1) is 16.4. The summed E-state index contributed by atoms with van der Waals surface area (Å²) >= 11 is 0. The zero-order valence-corrected chi connectivity index (χ0v) is 11.8. The monoisotopic (exact) mass is 315 g/mol. The summed E-state index contributed by atoms with van der Waals surface area (Å²) < 4.78 is 43.5. The van der Waals surface area contributed by atoms with Crippen molar-refractivity contribution in [2.45, 2.75) is 6.18 Å². The lowest BCUT2D eigenvalue weighted by Crippen LogP contribution is -2.42. The van der Waals surface area contributed by atoms with Crippen LogP contribution in [0, 0.1) is 0 Å². The summed E-state index contributed by atoms with van der Waals surface area (Å²) in [5.41, 5.74) is 1.35. The van der Waals surface area contributed by atoms with Crippen LogP contribution in [-0.2, 0) is 15.7 Å². The Morgan fingerprint density at radius 3 is 2.68 bits per heavy atom. The molecule has 0 radical (unpaired) electrons. The quantitative estimate of drug-likeness (QED) is 0.676. The van der Waals surface area contributed by atoms with Crippen molar-refractivity contribution in [1.82, 2.24) is 10.3 Å². The van der Waals surface area contributed by atoms with E-state index in [0.717, 1.165) is 12.3 Å². The van der Waals surface area contributed by atoms with E-state index in [0.29, 0.717) is 26.3 Å². The minimum absolute atomic E-state index is 0.0957. The molecule has 0 spiro atoms. The second kappa shape index (κ2) is 7.37.